The fourth-order valence-corrected chi connectivity index (χ4v) is 2.04. The van der Waals surface area contributed by atoms with Gasteiger partial charge in [0.2, 0.25) is 0 Å². The van der Waals surface area contributed by atoms with Gasteiger partial charge in [0, 0.05) is 6.04 Å². The minimum Gasteiger partial charge on any atom is -0.506 e. The van der Waals surface area contributed by atoms with E-state index < -0.39 is 0 Å². The van der Waals surface area contributed by atoms with Crippen molar-refractivity contribution in [2.45, 2.75) is 38.1 Å². The lowest BCUT2D eigenvalue weighted by Crippen LogP contribution is -2.39. The van der Waals surface area contributed by atoms with E-state index in [9.17, 15) is 4.79 Å². The zero-order valence-corrected chi connectivity index (χ0v) is 11.1. The Balaban J connectivity index is 0.000000861. The first-order chi connectivity index (χ1) is 9.24. The maximum atomic E-state index is 11.6. The third kappa shape index (κ3) is 5.42. The number of pyridine rings is 1. The molecule has 1 aromatic rings. The topological polar surface area (TPSA) is 74.2 Å². The molecule has 19 heavy (non-hydrogen) atoms. The molecule has 1 aromatic heterocycles. The van der Waals surface area contributed by atoms with Crippen molar-refractivity contribution in [2.24, 2.45) is 0 Å². The van der Waals surface area contributed by atoms with Gasteiger partial charge in [0.1, 0.15) is 11.6 Å². The fraction of sp³-hybridized carbons (Fsp3) is 0.429. The number of anilines is 1. The Labute approximate surface area is 113 Å². The summed E-state index contributed by atoms with van der Waals surface area (Å²) in [5.74, 6) is 0.527. The van der Waals surface area contributed by atoms with Gasteiger partial charge in [0.25, 0.3) is 0 Å². The molecule has 0 unspecified atom stereocenters. The average molecular weight is 263 g/mol. The summed E-state index contributed by atoms with van der Waals surface area (Å²) in [6.07, 6.45) is 7.03. The van der Waals surface area contributed by atoms with Crippen LogP contribution in [-0.4, -0.2) is 22.2 Å². The normalized spacial score (nSPS) is 14.9. The van der Waals surface area contributed by atoms with Gasteiger partial charge < -0.3 is 10.4 Å². The fourth-order valence-electron chi connectivity index (χ4n) is 2.04. The monoisotopic (exact) mass is 263 g/mol. The van der Waals surface area contributed by atoms with Crippen LogP contribution in [0.2, 0.25) is 0 Å². The molecule has 0 atom stereocenters. The van der Waals surface area contributed by atoms with Crippen LogP contribution < -0.4 is 10.6 Å². The average Bonchev–Trinajstić information content (AvgIpc) is 2.45. The van der Waals surface area contributed by atoms with Gasteiger partial charge in [-0.15, -0.1) is 13.2 Å². The number of aromatic hydroxyl groups is 1. The standard InChI is InChI=1S/C12H17N3O2.C2H4/c16-10-6-7-11(13-8-10)15-12(17)14-9-4-2-1-3-5-9;1-2/h6-9,16H,1-5H2,(H2,13,14,15,17);1-2H2. The number of hydrogen-bond donors (Lipinski definition) is 3. The summed E-state index contributed by atoms with van der Waals surface area (Å²) in [5.41, 5.74) is 0. The van der Waals surface area contributed by atoms with E-state index in [2.05, 4.69) is 28.8 Å². The second-order valence-electron chi connectivity index (χ2n) is 4.34. The number of carbonyl (C=O) groups excluding carboxylic acids is 1. The highest BCUT2D eigenvalue weighted by atomic mass is 16.3. The molecular weight excluding hydrogens is 242 g/mol. The van der Waals surface area contributed by atoms with E-state index in [-0.39, 0.29) is 17.8 Å². The quantitative estimate of drug-likeness (QED) is 0.718. The number of amides is 2. The number of carbonyl (C=O) groups is 1. The van der Waals surface area contributed by atoms with Gasteiger partial charge in [-0.3, -0.25) is 5.32 Å². The maximum absolute atomic E-state index is 11.6. The Hall–Kier alpha value is -2.04. The van der Waals surface area contributed by atoms with E-state index in [1.54, 1.807) is 6.07 Å². The van der Waals surface area contributed by atoms with Crippen LogP contribution >= 0.6 is 0 Å². The number of nitrogens with zero attached hydrogens (tertiary/aromatic N) is 1. The molecule has 1 saturated carbocycles. The molecule has 5 heteroatoms. The highest BCUT2D eigenvalue weighted by Crippen LogP contribution is 2.17. The van der Waals surface area contributed by atoms with E-state index in [1.165, 1.54) is 31.5 Å². The molecule has 1 aliphatic carbocycles. The minimum atomic E-state index is -0.227. The van der Waals surface area contributed by atoms with Crippen LogP contribution in [0.15, 0.2) is 31.5 Å². The Morgan fingerprint density at radius 2 is 1.95 bits per heavy atom. The van der Waals surface area contributed by atoms with Crippen molar-refractivity contribution in [3.63, 3.8) is 0 Å². The molecule has 2 rings (SSSR count). The molecule has 3 N–H and O–H groups in total. The predicted molar refractivity (Wildman–Crippen MR) is 76.2 cm³/mol. The molecule has 1 heterocycles. The van der Waals surface area contributed by atoms with Crippen molar-refractivity contribution in [2.75, 3.05) is 5.32 Å². The van der Waals surface area contributed by atoms with Crippen LogP contribution in [0.1, 0.15) is 32.1 Å². The van der Waals surface area contributed by atoms with E-state index in [1.807, 2.05) is 0 Å². The van der Waals surface area contributed by atoms with Crippen LogP contribution in [0.25, 0.3) is 0 Å². The molecule has 5 nitrogen and oxygen atoms in total. The van der Waals surface area contributed by atoms with Crippen LogP contribution in [0.3, 0.4) is 0 Å². The van der Waals surface area contributed by atoms with Gasteiger partial charge in [-0.05, 0) is 25.0 Å². The highest BCUT2D eigenvalue weighted by molar-refractivity contribution is 5.88. The zero-order valence-electron chi connectivity index (χ0n) is 11.1. The summed E-state index contributed by atoms with van der Waals surface area (Å²) in [6, 6.07) is 3.11. The van der Waals surface area contributed by atoms with E-state index >= 15 is 0 Å². The number of hydrogen-bond acceptors (Lipinski definition) is 3. The molecule has 0 aromatic carbocycles. The molecule has 104 valence electrons. The third-order valence-electron chi connectivity index (χ3n) is 2.93. The molecule has 1 aliphatic rings. The summed E-state index contributed by atoms with van der Waals surface area (Å²) < 4.78 is 0. The predicted octanol–water partition coefficient (Wildman–Crippen LogP) is 3.04. The Kier molecular flexibility index (Phi) is 6.43. The molecule has 0 spiro atoms. The molecule has 0 saturated heterocycles. The second kappa shape index (κ2) is 8.13. The SMILES string of the molecule is C=C.O=C(Nc1ccc(O)cn1)NC1CCCCC1. The largest absolute Gasteiger partial charge is 0.506 e. The molecule has 0 aliphatic heterocycles. The summed E-state index contributed by atoms with van der Waals surface area (Å²) in [7, 11) is 0. The van der Waals surface area contributed by atoms with E-state index in [4.69, 9.17) is 5.11 Å². The number of urea groups is 1. The van der Waals surface area contributed by atoms with Gasteiger partial charge in [-0.25, -0.2) is 9.78 Å². The summed E-state index contributed by atoms with van der Waals surface area (Å²) in [4.78, 5) is 15.5. The van der Waals surface area contributed by atoms with Crippen molar-refractivity contribution in [1.82, 2.24) is 10.3 Å². The maximum Gasteiger partial charge on any atom is 0.320 e. The van der Waals surface area contributed by atoms with Crippen molar-refractivity contribution >= 4 is 11.8 Å². The van der Waals surface area contributed by atoms with Gasteiger partial charge in [-0.1, -0.05) is 19.3 Å². The van der Waals surface area contributed by atoms with Crippen molar-refractivity contribution in [1.29, 1.82) is 0 Å². The number of nitrogens with one attached hydrogen (secondary N) is 2. The lowest BCUT2D eigenvalue weighted by molar-refractivity contribution is 0.244. The van der Waals surface area contributed by atoms with Gasteiger partial charge >= 0.3 is 6.03 Å². The molecule has 1 fully saturated rings. The van der Waals surface area contributed by atoms with Gasteiger partial charge in [0.05, 0.1) is 6.20 Å². The first kappa shape index (κ1) is 15.0. The first-order valence-corrected chi connectivity index (χ1v) is 6.46. The summed E-state index contributed by atoms with van der Waals surface area (Å²) in [5, 5.41) is 14.6. The highest BCUT2D eigenvalue weighted by Gasteiger charge is 2.15. The minimum absolute atomic E-state index is 0.0863. The lowest BCUT2D eigenvalue weighted by Gasteiger charge is -2.22. The Morgan fingerprint density at radius 3 is 2.53 bits per heavy atom. The van der Waals surface area contributed by atoms with Crippen molar-refractivity contribution in [3.05, 3.63) is 31.5 Å². The smallest absolute Gasteiger partial charge is 0.320 e. The van der Waals surface area contributed by atoms with E-state index in [0.29, 0.717) is 5.82 Å². The van der Waals surface area contributed by atoms with Crippen LogP contribution in [0.4, 0.5) is 10.6 Å². The second-order valence-corrected chi connectivity index (χ2v) is 4.34. The molecular formula is C14H21N3O2. The zero-order chi connectivity index (χ0) is 14.1. The van der Waals surface area contributed by atoms with Gasteiger partial charge in [-0.2, -0.15) is 0 Å². The molecule has 0 radical (unpaired) electrons. The van der Waals surface area contributed by atoms with Crippen LogP contribution in [0.5, 0.6) is 5.75 Å². The Bertz CT molecular complexity index is 386. The molecule has 0 bridgehead atoms. The lowest BCUT2D eigenvalue weighted by atomic mass is 9.96. The first-order valence-electron chi connectivity index (χ1n) is 6.46. The van der Waals surface area contributed by atoms with Gasteiger partial charge in [0.15, 0.2) is 0 Å². The van der Waals surface area contributed by atoms with E-state index in [0.717, 1.165) is 12.8 Å². The summed E-state index contributed by atoms with van der Waals surface area (Å²) in [6.45, 7) is 6.00. The number of rotatable bonds is 2. The Morgan fingerprint density at radius 1 is 1.26 bits per heavy atom. The van der Waals surface area contributed by atoms with Crippen molar-refractivity contribution < 1.29 is 9.90 Å². The van der Waals surface area contributed by atoms with Crippen LogP contribution in [0, 0.1) is 0 Å². The number of aromatic nitrogens is 1. The third-order valence-corrected chi connectivity index (χ3v) is 2.93. The van der Waals surface area contributed by atoms with Crippen LogP contribution in [-0.2, 0) is 0 Å². The van der Waals surface area contributed by atoms with Crippen molar-refractivity contribution in [3.8, 4) is 5.75 Å². The molecule has 2 amide bonds. The summed E-state index contributed by atoms with van der Waals surface area (Å²) >= 11 is 0.